The van der Waals surface area contributed by atoms with Crippen molar-refractivity contribution in [2.45, 2.75) is 63.3 Å². The number of hydrogen-bond acceptors (Lipinski definition) is 2. The smallest absolute Gasteiger partial charge is 0.229 e. The van der Waals surface area contributed by atoms with Crippen LogP contribution in [0.4, 0.5) is 0 Å². The number of carbonyl (C=O) groups is 1. The van der Waals surface area contributed by atoms with Gasteiger partial charge in [-0.25, -0.2) is 0 Å². The summed E-state index contributed by atoms with van der Waals surface area (Å²) < 4.78 is 0. The molecule has 2 N–H and O–H groups in total. The fourth-order valence-electron chi connectivity index (χ4n) is 9.93. The zero-order chi connectivity index (χ0) is 18.3. The summed E-state index contributed by atoms with van der Waals surface area (Å²) in [7, 11) is 0. The van der Waals surface area contributed by atoms with E-state index in [0.29, 0.717) is 22.8 Å². The van der Waals surface area contributed by atoms with Crippen molar-refractivity contribution in [2.75, 3.05) is 13.1 Å². The summed E-state index contributed by atoms with van der Waals surface area (Å²) in [5.74, 6) is 1.30. The van der Waals surface area contributed by atoms with Gasteiger partial charge in [0.15, 0.2) is 0 Å². The van der Waals surface area contributed by atoms with Gasteiger partial charge in [-0.1, -0.05) is 37.3 Å². The summed E-state index contributed by atoms with van der Waals surface area (Å²) in [6.07, 6.45) is 8.36. The molecule has 0 aromatic heterocycles. The second-order valence-corrected chi connectivity index (χ2v) is 11.3. The van der Waals surface area contributed by atoms with Crippen molar-refractivity contribution in [2.24, 2.45) is 33.3 Å². The molecule has 1 aromatic carbocycles. The summed E-state index contributed by atoms with van der Waals surface area (Å²) >= 11 is 0. The molecule has 1 aromatic rings. The molecule has 7 rings (SSSR count). The number of carbonyl (C=O) groups excluding carboxylic acids is 1. The van der Waals surface area contributed by atoms with Crippen molar-refractivity contribution in [3.05, 3.63) is 35.9 Å². The lowest BCUT2D eigenvalue weighted by Crippen LogP contribution is -2.97. The Morgan fingerprint density at radius 1 is 1.15 bits per heavy atom. The standard InChI is InChI=1S/C24H30N2O/c1-20-13-22(16-5-3-2-4-6-16)11-17-12-23(14-20,24(17,20)22)19(27)26-10-7-18(25)21(15-26)8-9-21/h2-6,17-18H,7-15,25H2,1H3/t17?,18?,20-,22+,23?,24?/m0/s1. The molecule has 5 saturated carbocycles. The zero-order valence-electron chi connectivity index (χ0n) is 16.3. The van der Waals surface area contributed by atoms with Gasteiger partial charge in [0, 0.05) is 35.4 Å². The highest BCUT2D eigenvalue weighted by atomic mass is 16.2. The van der Waals surface area contributed by atoms with Crippen molar-refractivity contribution < 1.29 is 4.79 Å². The van der Waals surface area contributed by atoms with Gasteiger partial charge in [0.2, 0.25) is 5.91 Å². The summed E-state index contributed by atoms with van der Waals surface area (Å²) in [6, 6.07) is 11.5. The predicted octanol–water partition coefficient (Wildman–Crippen LogP) is 3.47. The van der Waals surface area contributed by atoms with E-state index in [4.69, 9.17) is 5.73 Å². The van der Waals surface area contributed by atoms with E-state index in [-0.39, 0.29) is 16.2 Å². The van der Waals surface area contributed by atoms with E-state index in [1.54, 1.807) is 0 Å². The molecule has 3 nitrogen and oxygen atoms in total. The number of piperidine rings is 1. The molecule has 1 heterocycles. The lowest BCUT2D eigenvalue weighted by atomic mass is 9.04. The molecule has 6 fully saturated rings. The molecule has 142 valence electrons. The maximum Gasteiger partial charge on any atom is 0.229 e. The summed E-state index contributed by atoms with van der Waals surface area (Å²) in [5.41, 5.74) is 9.12. The Kier molecular flexibility index (Phi) is 2.39. The van der Waals surface area contributed by atoms with E-state index in [1.165, 1.54) is 31.2 Å². The SMILES string of the molecule is C[C@@]12CC3(C(=O)N4CCC(N)C5(CC5)C4)CC4C[C@](c5ccccc5)(C1)C432. The van der Waals surface area contributed by atoms with Crippen LogP contribution in [0, 0.1) is 27.6 Å². The van der Waals surface area contributed by atoms with Crippen LogP contribution in [-0.2, 0) is 10.2 Å². The Morgan fingerprint density at radius 3 is 2.59 bits per heavy atom. The largest absolute Gasteiger partial charge is 0.342 e. The first-order chi connectivity index (χ1) is 12.9. The Hall–Kier alpha value is -1.35. The first-order valence-electron chi connectivity index (χ1n) is 11.0. The molecule has 6 aliphatic rings. The van der Waals surface area contributed by atoms with Gasteiger partial charge < -0.3 is 10.6 Å². The van der Waals surface area contributed by atoms with Gasteiger partial charge in [-0.2, -0.15) is 0 Å². The van der Waals surface area contributed by atoms with E-state index in [9.17, 15) is 4.79 Å². The van der Waals surface area contributed by atoms with Gasteiger partial charge in [-0.05, 0) is 61.8 Å². The van der Waals surface area contributed by atoms with Crippen LogP contribution in [0.3, 0.4) is 0 Å². The fraction of sp³-hybridized carbons (Fsp3) is 0.708. The first-order valence-corrected chi connectivity index (χ1v) is 11.0. The van der Waals surface area contributed by atoms with E-state index < -0.39 is 0 Å². The number of nitrogens with zero attached hydrogens (tertiary/aromatic N) is 1. The van der Waals surface area contributed by atoms with Crippen LogP contribution in [0.1, 0.15) is 57.4 Å². The van der Waals surface area contributed by atoms with Crippen LogP contribution in [0.25, 0.3) is 0 Å². The average Bonchev–Trinajstić information content (AvgIpc) is 3.39. The van der Waals surface area contributed by atoms with E-state index >= 15 is 0 Å². The van der Waals surface area contributed by atoms with Gasteiger partial charge >= 0.3 is 0 Å². The molecule has 1 amide bonds. The molecule has 2 spiro atoms. The van der Waals surface area contributed by atoms with E-state index in [2.05, 4.69) is 42.2 Å². The minimum absolute atomic E-state index is 0.0454. The van der Waals surface area contributed by atoms with Crippen LogP contribution in [0.5, 0.6) is 0 Å². The Morgan fingerprint density at radius 2 is 1.93 bits per heavy atom. The Bertz CT molecular complexity index is 878. The molecule has 1 aliphatic heterocycles. The highest BCUT2D eigenvalue weighted by Crippen LogP contribution is 3.01. The van der Waals surface area contributed by atoms with E-state index in [0.717, 1.165) is 38.3 Å². The number of hydrogen-bond donors (Lipinski definition) is 1. The summed E-state index contributed by atoms with van der Waals surface area (Å²) in [5, 5.41) is 0. The summed E-state index contributed by atoms with van der Waals surface area (Å²) in [6.45, 7) is 4.31. The minimum Gasteiger partial charge on any atom is -0.342 e. The number of likely N-dealkylation sites (tertiary alicyclic amines) is 1. The van der Waals surface area contributed by atoms with Crippen molar-refractivity contribution >= 4 is 5.91 Å². The maximum absolute atomic E-state index is 13.9. The lowest BCUT2D eigenvalue weighted by Gasteiger charge is -2.99. The molecular weight excluding hydrogens is 332 g/mol. The number of benzene rings is 1. The normalized spacial score (nSPS) is 52.4. The third-order valence-electron chi connectivity index (χ3n) is 10.6. The average molecular weight is 363 g/mol. The molecule has 0 bridgehead atoms. The Labute approximate surface area is 161 Å². The Balaban J connectivity index is 1.25. The third-order valence-corrected chi connectivity index (χ3v) is 10.6. The van der Waals surface area contributed by atoms with Crippen molar-refractivity contribution in [1.29, 1.82) is 0 Å². The van der Waals surface area contributed by atoms with Gasteiger partial charge in [0.1, 0.15) is 0 Å². The first kappa shape index (κ1) is 15.6. The van der Waals surface area contributed by atoms with Gasteiger partial charge in [-0.15, -0.1) is 0 Å². The molecule has 6 atom stereocenters. The van der Waals surface area contributed by atoms with Crippen LogP contribution in [0.15, 0.2) is 30.3 Å². The maximum atomic E-state index is 13.9. The number of nitrogens with two attached hydrogens (primary N) is 1. The quantitative estimate of drug-likeness (QED) is 0.876. The minimum atomic E-state index is -0.0454. The lowest BCUT2D eigenvalue weighted by molar-refractivity contribution is -0.474. The molecule has 4 unspecified atom stereocenters. The van der Waals surface area contributed by atoms with Crippen LogP contribution in [0.2, 0.25) is 0 Å². The van der Waals surface area contributed by atoms with Crippen LogP contribution < -0.4 is 5.73 Å². The summed E-state index contributed by atoms with van der Waals surface area (Å²) in [4.78, 5) is 16.2. The molecule has 5 aliphatic carbocycles. The third kappa shape index (κ3) is 1.30. The monoisotopic (exact) mass is 362 g/mol. The van der Waals surface area contributed by atoms with Crippen molar-refractivity contribution in [3.8, 4) is 0 Å². The number of rotatable bonds is 2. The van der Waals surface area contributed by atoms with Gasteiger partial charge in [0.25, 0.3) is 0 Å². The van der Waals surface area contributed by atoms with Crippen molar-refractivity contribution in [3.63, 3.8) is 0 Å². The fourth-order valence-corrected chi connectivity index (χ4v) is 9.93. The molecule has 27 heavy (non-hydrogen) atoms. The second-order valence-electron chi connectivity index (χ2n) is 11.3. The number of amides is 1. The predicted molar refractivity (Wildman–Crippen MR) is 104 cm³/mol. The van der Waals surface area contributed by atoms with Gasteiger partial charge in [0.05, 0.1) is 5.41 Å². The van der Waals surface area contributed by atoms with Crippen LogP contribution >= 0.6 is 0 Å². The topological polar surface area (TPSA) is 46.3 Å². The van der Waals surface area contributed by atoms with Gasteiger partial charge in [-0.3, -0.25) is 4.79 Å². The molecule has 3 heteroatoms. The second kappa shape index (κ2) is 4.15. The molecule has 1 saturated heterocycles. The molecular formula is C24H30N2O. The highest BCUT2D eigenvalue weighted by molar-refractivity contribution is 5.90. The van der Waals surface area contributed by atoms with Crippen LogP contribution in [-0.4, -0.2) is 29.9 Å². The zero-order valence-corrected chi connectivity index (χ0v) is 16.3. The van der Waals surface area contributed by atoms with E-state index in [1.807, 2.05) is 0 Å². The van der Waals surface area contributed by atoms with Crippen molar-refractivity contribution in [1.82, 2.24) is 4.90 Å². The molecule has 0 radical (unpaired) electrons. The highest BCUT2D eigenvalue weighted by Gasteiger charge is 2.99.